The second kappa shape index (κ2) is 4.02. The van der Waals surface area contributed by atoms with Crippen molar-refractivity contribution in [1.29, 1.82) is 0 Å². The van der Waals surface area contributed by atoms with Crippen LogP contribution in [0.15, 0.2) is 36.6 Å². The third-order valence-electron chi connectivity index (χ3n) is 3.82. The van der Waals surface area contributed by atoms with Crippen molar-refractivity contribution in [2.24, 2.45) is 0 Å². The van der Waals surface area contributed by atoms with Gasteiger partial charge in [0.25, 0.3) is 0 Å². The summed E-state index contributed by atoms with van der Waals surface area (Å²) in [7, 11) is 0. The average molecular weight is 234 g/mol. The maximum absolute atomic E-state index is 6.10. The van der Waals surface area contributed by atoms with Crippen LogP contribution in [0.1, 0.15) is 40.0 Å². The summed E-state index contributed by atoms with van der Waals surface area (Å²) in [6, 6.07) is 0. The van der Waals surface area contributed by atoms with Gasteiger partial charge in [0.1, 0.15) is 17.0 Å². The maximum Gasteiger partial charge on any atom is 0.127 e. The highest BCUT2D eigenvalue weighted by atomic mass is 16.6. The highest BCUT2D eigenvalue weighted by Crippen LogP contribution is 2.43. The van der Waals surface area contributed by atoms with Crippen LogP contribution in [0.5, 0.6) is 0 Å². The summed E-state index contributed by atoms with van der Waals surface area (Å²) < 4.78 is 12.1. The van der Waals surface area contributed by atoms with Crippen LogP contribution in [-0.2, 0) is 9.47 Å². The van der Waals surface area contributed by atoms with Crippen LogP contribution >= 0.6 is 0 Å². The molecule has 17 heavy (non-hydrogen) atoms. The Hall–Kier alpha value is -1.02. The van der Waals surface area contributed by atoms with Gasteiger partial charge in [-0.15, -0.1) is 0 Å². The van der Waals surface area contributed by atoms with Crippen LogP contribution in [-0.4, -0.2) is 17.3 Å². The SMILES string of the molecule is C=CC1(C)CC=C(C2(C)CCC(C(=C)C)O2)O1. The monoisotopic (exact) mass is 234 g/mol. The zero-order valence-corrected chi connectivity index (χ0v) is 11.1. The second-order valence-electron chi connectivity index (χ2n) is 5.61. The van der Waals surface area contributed by atoms with Gasteiger partial charge in [0.15, 0.2) is 0 Å². The van der Waals surface area contributed by atoms with E-state index in [0.29, 0.717) is 0 Å². The smallest absolute Gasteiger partial charge is 0.127 e. The van der Waals surface area contributed by atoms with E-state index in [4.69, 9.17) is 9.47 Å². The summed E-state index contributed by atoms with van der Waals surface area (Å²) in [6.45, 7) is 14.0. The van der Waals surface area contributed by atoms with Gasteiger partial charge in [-0.25, -0.2) is 0 Å². The van der Waals surface area contributed by atoms with E-state index in [2.05, 4.69) is 33.1 Å². The molecular weight excluding hydrogens is 212 g/mol. The zero-order chi connectivity index (χ0) is 12.7. The van der Waals surface area contributed by atoms with Gasteiger partial charge in [-0.3, -0.25) is 0 Å². The molecule has 2 aliphatic rings. The van der Waals surface area contributed by atoms with Crippen molar-refractivity contribution < 1.29 is 9.47 Å². The van der Waals surface area contributed by atoms with E-state index in [0.717, 1.165) is 30.6 Å². The quantitative estimate of drug-likeness (QED) is 0.692. The third-order valence-corrected chi connectivity index (χ3v) is 3.82. The fraction of sp³-hybridized carbons (Fsp3) is 0.600. The fourth-order valence-corrected chi connectivity index (χ4v) is 2.45. The summed E-state index contributed by atoms with van der Waals surface area (Å²) >= 11 is 0. The lowest BCUT2D eigenvalue weighted by Crippen LogP contribution is -2.31. The summed E-state index contributed by atoms with van der Waals surface area (Å²) in [5.74, 6) is 0.962. The van der Waals surface area contributed by atoms with E-state index in [1.165, 1.54) is 0 Å². The first kappa shape index (κ1) is 12.4. The summed E-state index contributed by atoms with van der Waals surface area (Å²) in [5.41, 5.74) is 0.548. The topological polar surface area (TPSA) is 18.5 Å². The molecule has 0 aromatic rings. The lowest BCUT2D eigenvalue weighted by molar-refractivity contribution is -0.0457. The van der Waals surface area contributed by atoms with Gasteiger partial charge < -0.3 is 9.47 Å². The molecule has 2 heteroatoms. The summed E-state index contributed by atoms with van der Waals surface area (Å²) in [5, 5.41) is 0. The molecule has 2 nitrogen and oxygen atoms in total. The van der Waals surface area contributed by atoms with E-state index >= 15 is 0 Å². The molecule has 0 aliphatic carbocycles. The van der Waals surface area contributed by atoms with Crippen molar-refractivity contribution in [3.05, 3.63) is 36.6 Å². The van der Waals surface area contributed by atoms with Gasteiger partial charge in [-0.2, -0.15) is 0 Å². The molecule has 2 heterocycles. The van der Waals surface area contributed by atoms with Crippen molar-refractivity contribution in [1.82, 2.24) is 0 Å². The molecule has 0 aromatic heterocycles. The molecule has 0 saturated carbocycles. The molecule has 0 spiro atoms. The second-order valence-corrected chi connectivity index (χ2v) is 5.61. The van der Waals surface area contributed by atoms with E-state index in [1.807, 2.05) is 13.0 Å². The van der Waals surface area contributed by atoms with Gasteiger partial charge in [0.2, 0.25) is 0 Å². The van der Waals surface area contributed by atoms with Crippen molar-refractivity contribution in [3.63, 3.8) is 0 Å². The Morgan fingerprint density at radius 2 is 2.24 bits per heavy atom. The van der Waals surface area contributed by atoms with Crippen LogP contribution in [0.25, 0.3) is 0 Å². The molecule has 1 fully saturated rings. The van der Waals surface area contributed by atoms with Crippen molar-refractivity contribution >= 4 is 0 Å². The van der Waals surface area contributed by atoms with Crippen LogP contribution in [0.2, 0.25) is 0 Å². The van der Waals surface area contributed by atoms with Gasteiger partial charge in [-0.1, -0.05) is 18.7 Å². The Morgan fingerprint density at radius 3 is 2.71 bits per heavy atom. The molecular formula is C15H22O2. The Morgan fingerprint density at radius 1 is 1.53 bits per heavy atom. The van der Waals surface area contributed by atoms with Crippen LogP contribution in [0.4, 0.5) is 0 Å². The van der Waals surface area contributed by atoms with Gasteiger partial charge >= 0.3 is 0 Å². The Kier molecular flexibility index (Phi) is 2.94. The lowest BCUT2D eigenvalue weighted by atomic mass is 9.98. The molecule has 3 atom stereocenters. The first-order chi connectivity index (χ1) is 7.88. The molecule has 0 amide bonds. The molecule has 0 bridgehead atoms. The Labute approximate surface area is 104 Å². The van der Waals surface area contributed by atoms with Gasteiger partial charge in [-0.05, 0) is 45.8 Å². The van der Waals surface area contributed by atoms with Crippen molar-refractivity contribution in [2.75, 3.05) is 0 Å². The zero-order valence-electron chi connectivity index (χ0n) is 11.1. The van der Waals surface area contributed by atoms with Crippen LogP contribution in [0, 0.1) is 0 Å². The van der Waals surface area contributed by atoms with E-state index in [-0.39, 0.29) is 17.3 Å². The highest BCUT2D eigenvalue weighted by molar-refractivity contribution is 5.22. The normalized spacial score (nSPS) is 40.9. The Balaban J connectivity index is 2.10. The van der Waals surface area contributed by atoms with E-state index in [1.54, 1.807) is 0 Å². The fourth-order valence-electron chi connectivity index (χ4n) is 2.45. The predicted octanol–water partition coefficient (Wildman–Crippen LogP) is 3.75. The first-order valence-corrected chi connectivity index (χ1v) is 6.25. The van der Waals surface area contributed by atoms with Crippen LogP contribution in [0.3, 0.4) is 0 Å². The molecule has 0 N–H and O–H groups in total. The predicted molar refractivity (Wildman–Crippen MR) is 69.7 cm³/mol. The standard InChI is InChI=1S/C15H22O2/c1-6-14(4)9-8-13(17-14)15(5)10-7-12(16-15)11(2)3/h6,8,12H,1-2,7,9-10H2,3-5H3. The minimum absolute atomic E-state index is 0.167. The number of ether oxygens (including phenoxy) is 2. The van der Waals surface area contributed by atoms with E-state index < -0.39 is 0 Å². The first-order valence-electron chi connectivity index (χ1n) is 6.25. The molecule has 0 aromatic carbocycles. The number of rotatable bonds is 3. The molecule has 1 saturated heterocycles. The summed E-state index contributed by atoms with van der Waals surface area (Å²) in [6.07, 6.45) is 7.07. The van der Waals surface area contributed by atoms with Gasteiger partial charge in [0.05, 0.1) is 6.10 Å². The molecule has 3 unspecified atom stereocenters. The molecule has 2 rings (SSSR count). The lowest BCUT2D eigenvalue weighted by Gasteiger charge is -2.30. The minimum atomic E-state index is -0.287. The van der Waals surface area contributed by atoms with Gasteiger partial charge in [0, 0.05) is 6.42 Å². The highest BCUT2D eigenvalue weighted by Gasteiger charge is 2.44. The third kappa shape index (κ3) is 2.19. The van der Waals surface area contributed by atoms with Crippen LogP contribution < -0.4 is 0 Å². The number of hydrogen-bond acceptors (Lipinski definition) is 2. The molecule has 2 aliphatic heterocycles. The minimum Gasteiger partial charge on any atom is -0.485 e. The van der Waals surface area contributed by atoms with E-state index in [9.17, 15) is 0 Å². The summed E-state index contributed by atoms with van der Waals surface area (Å²) in [4.78, 5) is 0. The molecule has 0 radical (unpaired) electrons. The average Bonchev–Trinajstić information content (AvgIpc) is 2.85. The number of hydrogen-bond donors (Lipinski definition) is 0. The van der Waals surface area contributed by atoms with Crippen molar-refractivity contribution in [3.8, 4) is 0 Å². The molecule has 94 valence electrons. The largest absolute Gasteiger partial charge is 0.485 e. The Bertz CT molecular complexity index is 382. The maximum atomic E-state index is 6.10. The van der Waals surface area contributed by atoms with Crippen molar-refractivity contribution in [2.45, 2.75) is 57.3 Å².